The van der Waals surface area contributed by atoms with E-state index < -0.39 is 6.10 Å². The van der Waals surface area contributed by atoms with Crippen molar-refractivity contribution in [3.05, 3.63) is 52.4 Å². The molecule has 0 saturated carbocycles. The van der Waals surface area contributed by atoms with E-state index in [9.17, 15) is 5.11 Å². The van der Waals surface area contributed by atoms with Crippen LogP contribution in [0.3, 0.4) is 0 Å². The molecule has 4 heteroatoms. The van der Waals surface area contributed by atoms with Gasteiger partial charge < -0.3 is 14.3 Å². The highest BCUT2D eigenvalue weighted by atomic mass is 79.9. The number of benzene rings is 1. The van der Waals surface area contributed by atoms with Crippen molar-refractivity contribution in [2.24, 2.45) is 0 Å². The normalized spacial score (nSPS) is 12.4. The molecule has 0 fully saturated rings. The van der Waals surface area contributed by atoms with Crippen LogP contribution in [-0.4, -0.2) is 12.2 Å². The van der Waals surface area contributed by atoms with Crippen LogP contribution in [0.5, 0.6) is 5.75 Å². The summed E-state index contributed by atoms with van der Waals surface area (Å²) in [7, 11) is 1.60. The topological polar surface area (TPSA) is 42.6 Å². The summed E-state index contributed by atoms with van der Waals surface area (Å²) in [4.78, 5) is 0. The fraction of sp³-hybridized carbons (Fsp3) is 0.231. The molecule has 0 aliphatic heterocycles. The highest BCUT2D eigenvalue weighted by molar-refractivity contribution is 9.10. The van der Waals surface area contributed by atoms with Crippen molar-refractivity contribution < 1.29 is 14.3 Å². The van der Waals surface area contributed by atoms with Gasteiger partial charge in [-0.3, -0.25) is 0 Å². The molecule has 17 heavy (non-hydrogen) atoms. The largest absolute Gasteiger partial charge is 0.497 e. The van der Waals surface area contributed by atoms with Crippen molar-refractivity contribution in [3.63, 3.8) is 0 Å². The number of aliphatic hydroxyl groups is 1. The molecule has 0 spiro atoms. The Kier molecular flexibility index (Phi) is 3.86. The minimum atomic E-state index is -0.620. The van der Waals surface area contributed by atoms with Gasteiger partial charge in [0.1, 0.15) is 11.5 Å². The molecule has 0 radical (unpaired) electrons. The first-order valence-electron chi connectivity index (χ1n) is 5.24. The summed E-state index contributed by atoms with van der Waals surface area (Å²) in [6.45, 7) is 0. The molecule has 1 aromatic carbocycles. The van der Waals surface area contributed by atoms with Gasteiger partial charge in [-0.05, 0) is 35.9 Å². The lowest BCUT2D eigenvalue weighted by molar-refractivity contribution is 0.169. The zero-order chi connectivity index (χ0) is 12.3. The third-order valence-electron chi connectivity index (χ3n) is 2.54. The van der Waals surface area contributed by atoms with Crippen molar-refractivity contribution in [2.45, 2.75) is 12.5 Å². The molecule has 0 bridgehead atoms. The molecule has 1 atom stereocenters. The van der Waals surface area contributed by atoms with E-state index in [1.165, 1.54) is 0 Å². The summed E-state index contributed by atoms with van der Waals surface area (Å²) in [5.41, 5.74) is 0.792. The van der Waals surface area contributed by atoms with Crippen LogP contribution >= 0.6 is 15.9 Å². The van der Waals surface area contributed by atoms with E-state index in [4.69, 9.17) is 9.15 Å². The van der Waals surface area contributed by atoms with Gasteiger partial charge in [-0.2, -0.15) is 0 Å². The Bertz CT molecular complexity index is 479. The van der Waals surface area contributed by atoms with E-state index in [1.54, 1.807) is 13.4 Å². The van der Waals surface area contributed by atoms with Crippen molar-refractivity contribution in [1.82, 2.24) is 0 Å². The Labute approximate surface area is 108 Å². The minimum Gasteiger partial charge on any atom is -0.497 e. The molecule has 1 unspecified atom stereocenters. The maximum Gasteiger partial charge on any atom is 0.119 e. The van der Waals surface area contributed by atoms with Crippen LogP contribution in [-0.2, 0) is 6.42 Å². The quantitative estimate of drug-likeness (QED) is 0.941. The highest BCUT2D eigenvalue weighted by Crippen LogP contribution is 2.29. The number of furan rings is 1. The molecule has 1 N–H and O–H groups in total. The van der Waals surface area contributed by atoms with Gasteiger partial charge in [-0.25, -0.2) is 0 Å². The second-order valence-electron chi connectivity index (χ2n) is 3.69. The third kappa shape index (κ3) is 2.90. The lowest BCUT2D eigenvalue weighted by atomic mass is 10.1. The van der Waals surface area contributed by atoms with E-state index in [0.29, 0.717) is 6.42 Å². The molecule has 0 amide bonds. The van der Waals surface area contributed by atoms with Crippen molar-refractivity contribution in [1.29, 1.82) is 0 Å². The van der Waals surface area contributed by atoms with E-state index in [-0.39, 0.29) is 0 Å². The fourth-order valence-electron chi connectivity index (χ4n) is 1.63. The van der Waals surface area contributed by atoms with Gasteiger partial charge in [-0.15, -0.1) is 0 Å². The molecule has 1 aromatic heterocycles. The Morgan fingerprint density at radius 2 is 2.24 bits per heavy atom. The molecule has 1 heterocycles. The van der Waals surface area contributed by atoms with Gasteiger partial charge in [0.25, 0.3) is 0 Å². The van der Waals surface area contributed by atoms with Crippen molar-refractivity contribution >= 4 is 15.9 Å². The van der Waals surface area contributed by atoms with Gasteiger partial charge in [0.05, 0.1) is 19.5 Å². The van der Waals surface area contributed by atoms with Crippen LogP contribution in [0.2, 0.25) is 0 Å². The summed E-state index contributed by atoms with van der Waals surface area (Å²) in [5.74, 6) is 1.48. The van der Waals surface area contributed by atoms with Crippen LogP contribution in [0.25, 0.3) is 0 Å². The monoisotopic (exact) mass is 296 g/mol. The van der Waals surface area contributed by atoms with Gasteiger partial charge in [0, 0.05) is 10.9 Å². The zero-order valence-electron chi connectivity index (χ0n) is 9.39. The average Bonchev–Trinajstić information content (AvgIpc) is 2.82. The molecular weight excluding hydrogens is 284 g/mol. The molecule has 0 aliphatic carbocycles. The zero-order valence-corrected chi connectivity index (χ0v) is 11.0. The summed E-state index contributed by atoms with van der Waals surface area (Å²) in [6, 6.07) is 9.17. The Balaban J connectivity index is 2.20. The highest BCUT2D eigenvalue weighted by Gasteiger charge is 2.14. The first-order valence-corrected chi connectivity index (χ1v) is 6.04. The lowest BCUT2D eigenvalue weighted by Crippen LogP contribution is -2.02. The maximum atomic E-state index is 10.1. The average molecular weight is 297 g/mol. The Hall–Kier alpha value is -1.26. The summed E-state index contributed by atoms with van der Waals surface area (Å²) in [5, 5.41) is 10.1. The van der Waals surface area contributed by atoms with E-state index in [0.717, 1.165) is 21.5 Å². The lowest BCUT2D eigenvalue weighted by Gasteiger charge is -2.13. The predicted octanol–water partition coefficient (Wildman–Crippen LogP) is 3.33. The summed E-state index contributed by atoms with van der Waals surface area (Å²) >= 11 is 3.42. The second-order valence-corrected chi connectivity index (χ2v) is 4.54. The van der Waals surface area contributed by atoms with Gasteiger partial charge >= 0.3 is 0 Å². The number of halogens is 1. The molecule has 0 saturated heterocycles. The minimum absolute atomic E-state index is 0.443. The molecule has 3 nitrogen and oxygen atoms in total. The smallest absolute Gasteiger partial charge is 0.119 e. The standard InChI is InChI=1S/C13H13BrO3/c1-16-9-4-5-12(14)11(7-9)13(15)8-10-3-2-6-17-10/h2-7,13,15H,8H2,1H3. The van der Waals surface area contributed by atoms with Gasteiger partial charge in [0.15, 0.2) is 0 Å². The van der Waals surface area contributed by atoms with Crippen molar-refractivity contribution in [2.75, 3.05) is 7.11 Å². The van der Waals surface area contributed by atoms with Crippen LogP contribution in [0.15, 0.2) is 45.5 Å². The molecule has 2 aromatic rings. The fourth-order valence-corrected chi connectivity index (χ4v) is 2.14. The number of hydrogen-bond donors (Lipinski definition) is 1. The van der Waals surface area contributed by atoms with E-state index in [2.05, 4.69) is 15.9 Å². The number of methoxy groups -OCH3 is 1. The van der Waals surface area contributed by atoms with Crippen LogP contribution in [0.1, 0.15) is 17.4 Å². The van der Waals surface area contributed by atoms with Crippen molar-refractivity contribution in [3.8, 4) is 5.75 Å². The maximum absolute atomic E-state index is 10.1. The first kappa shape index (κ1) is 12.2. The second kappa shape index (κ2) is 5.38. The first-order chi connectivity index (χ1) is 8.20. The van der Waals surface area contributed by atoms with Gasteiger partial charge in [-0.1, -0.05) is 15.9 Å². The molecular formula is C13H13BrO3. The Morgan fingerprint density at radius 3 is 2.88 bits per heavy atom. The number of hydrogen-bond acceptors (Lipinski definition) is 3. The summed E-state index contributed by atoms with van der Waals surface area (Å²) < 4.78 is 11.2. The third-order valence-corrected chi connectivity index (χ3v) is 3.26. The predicted molar refractivity (Wildman–Crippen MR) is 68.1 cm³/mol. The molecule has 0 aliphatic rings. The number of rotatable bonds is 4. The molecule has 2 rings (SSSR count). The van der Waals surface area contributed by atoms with Crippen LogP contribution < -0.4 is 4.74 Å². The summed E-state index contributed by atoms with van der Waals surface area (Å²) in [6.07, 6.45) is 1.42. The molecule has 90 valence electrons. The van der Waals surface area contributed by atoms with E-state index in [1.807, 2.05) is 30.3 Å². The number of ether oxygens (including phenoxy) is 1. The van der Waals surface area contributed by atoms with Crippen LogP contribution in [0, 0.1) is 0 Å². The van der Waals surface area contributed by atoms with Crippen LogP contribution in [0.4, 0.5) is 0 Å². The van der Waals surface area contributed by atoms with E-state index >= 15 is 0 Å². The Morgan fingerprint density at radius 1 is 1.41 bits per heavy atom. The number of aliphatic hydroxyl groups excluding tert-OH is 1. The SMILES string of the molecule is COc1ccc(Br)c(C(O)Cc2ccco2)c1. The van der Waals surface area contributed by atoms with Gasteiger partial charge in [0.2, 0.25) is 0 Å².